The van der Waals surface area contributed by atoms with E-state index in [1.54, 1.807) is 6.07 Å². The van der Waals surface area contributed by atoms with Crippen molar-refractivity contribution in [3.8, 4) is 5.75 Å². The minimum atomic E-state index is -2.68. The van der Waals surface area contributed by atoms with Crippen molar-refractivity contribution < 1.29 is 5.11 Å². The Hall–Kier alpha value is -2.98. The molecule has 0 radical (unpaired) electrons. The first-order valence-corrected chi connectivity index (χ1v) is 13.2. The lowest BCUT2D eigenvalue weighted by atomic mass is 10.2. The van der Waals surface area contributed by atoms with Crippen LogP contribution in [0, 0.1) is 0 Å². The zero-order valence-corrected chi connectivity index (χ0v) is 19.7. The van der Waals surface area contributed by atoms with Gasteiger partial charge in [-0.3, -0.25) is 0 Å². The molecule has 4 aromatic rings. The van der Waals surface area contributed by atoms with E-state index in [0.29, 0.717) is 11.6 Å². The third kappa shape index (κ3) is 5.43. The maximum Gasteiger partial charge on any atom is 0.214 e. The van der Waals surface area contributed by atoms with Gasteiger partial charge in [0.05, 0.1) is 6.54 Å². The van der Waals surface area contributed by atoms with Crippen molar-refractivity contribution in [2.24, 2.45) is 0 Å². The van der Waals surface area contributed by atoms with Gasteiger partial charge in [-0.2, -0.15) is 0 Å². The molecule has 4 nitrogen and oxygen atoms in total. The SMILES string of the molecule is Oc1ccccc1CN(c1ccc(Cl)cc1)P(=S)(Nc1ccccc1)Nc1ccccc1. The Morgan fingerprint density at radius 1 is 0.719 bits per heavy atom. The molecule has 0 aliphatic rings. The molecule has 0 fully saturated rings. The smallest absolute Gasteiger partial charge is 0.214 e. The van der Waals surface area contributed by atoms with Crippen LogP contribution >= 0.6 is 18.1 Å². The summed E-state index contributed by atoms with van der Waals surface area (Å²) < 4.78 is 2.10. The molecule has 0 aliphatic carbocycles. The number of phenolic OH excluding ortho intramolecular Hbond substituents is 1. The molecule has 0 unspecified atom stereocenters. The van der Waals surface area contributed by atoms with E-state index in [0.717, 1.165) is 22.6 Å². The van der Waals surface area contributed by atoms with Crippen molar-refractivity contribution in [3.05, 3.63) is 120 Å². The zero-order valence-electron chi connectivity index (χ0n) is 17.2. The fraction of sp³-hybridized carbons (Fsp3) is 0.0400. The van der Waals surface area contributed by atoms with Crippen LogP contribution in [-0.2, 0) is 18.4 Å². The van der Waals surface area contributed by atoms with Crippen molar-refractivity contribution in [1.29, 1.82) is 0 Å². The van der Waals surface area contributed by atoms with E-state index < -0.39 is 6.49 Å². The van der Waals surface area contributed by atoms with Crippen LogP contribution in [-0.4, -0.2) is 5.11 Å². The van der Waals surface area contributed by atoms with E-state index in [4.69, 9.17) is 23.4 Å². The number of halogens is 1. The summed E-state index contributed by atoms with van der Waals surface area (Å²) in [5.41, 5.74) is 3.50. The predicted octanol–water partition coefficient (Wildman–Crippen LogP) is 7.50. The molecule has 4 rings (SSSR count). The summed E-state index contributed by atoms with van der Waals surface area (Å²) in [6, 6.07) is 34.7. The molecular weight excluding hydrogens is 457 g/mol. The van der Waals surface area contributed by atoms with Gasteiger partial charge in [-0.25, -0.2) is 0 Å². The van der Waals surface area contributed by atoms with Crippen molar-refractivity contribution in [1.82, 2.24) is 0 Å². The Balaban J connectivity index is 1.81. The molecular formula is C25H23ClN3OPS. The lowest BCUT2D eigenvalue weighted by molar-refractivity contribution is 0.468. The highest BCUT2D eigenvalue weighted by atomic mass is 35.5. The number of nitrogens with one attached hydrogen (secondary N) is 2. The van der Waals surface area contributed by atoms with Crippen LogP contribution in [0.5, 0.6) is 5.75 Å². The molecule has 0 atom stereocenters. The standard InChI is InChI=1S/C25H23ClN3OPS/c26-21-15-17-24(18-16-21)29(19-20-9-7-8-14-25(20)30)31(32,27-22-10-3-1-4-11-22)28-23-12-5-2-6-13-23/h1-18,30H,19H2,(H2,27,28,32). The van der Waals surface area contributed by atoms with Gasteiger partial charge in [-0.05, 0) is 66.4 Å². The second-order valence-electron chi connectivity index (χ2n) is 7.19. The fourth-order valence-corrected chi connectivity index (χ4v) is 6.62. The Bertz CT molecular complexity index is 1160. The normalized spacial score (nSPS) is 11.0. The molecule has 0 bridgehead atoms. The van der Waals surface area contributed by atoms with Crippen LogP contribution in [0.25, 0.3) is 0 Å². The maximum atomic E-state index is 10.5. The fourth-order valence-electron chi connectivity index (χ4n) is 3.30. The molecule has 0 aromatic heterocycles. The Labute approximate surface area is 198 Å². The maximum absolute atomic E-state index is 10.5. The predicted molar refractivity (Wildman–Crippen MR) is 140 cm³/mol. The monoisotopic (exact) mass is 479 g/mol. The molecule has 0 aliphatic heterocycles. The van der Waals surface area contributed by atoms with Gasteiger partial charge < -0.3 is 20.0 Å². The Morgan fingerprint density at radius 2 is 1.22 bits per heavy atom. The number of rotatable bonds is 8. The van der Waals surface area contributed by atoms with Crippen LogP contribution in [0.15, 0.2) is 109 Å². The quantitative estimate of drug-likeness (QED) is 0.228. The summed E-state index contributed by atoms with van der Waals surface area (Å²) in [5.74, 6) is 0.229. The third-order valence-electron chi connectivity index (χ3n) is 4.89. The van der Waals surface area contributed by atoms with E-state index in [9.17, 15) is 5.11 Å². The number of benzene rings is 4. The lowest BCUT2D eigenvalue weighted by Gasteiger charge is -2.38. The molecule has 0 spiro atoms. The summed E-state index contributed by atoms with van der Waals surface area (Å²) in [6.07, 6.45) is 0. The third-order valence-corrected chi connectivity index (χ3v) is 8.45. The van der Waals surface area contributed by atoms with Gasteiger partial charge in [-0.15, -0.1) is 0 Å². The van der Waals surface area contributed by atoms with Crippen LogP contribution in [0.2, 0.25) is 5.02 Å². The minimum Gasteiger partial charge on any atom is -0.508 e. The Kier molecular flexibility index (Phi) is 7.01. The molecule has 0 saturated heterocycles. The van der Waals surface area contributed by atoms with E-state index >= 15 is 0 Å². The molecule has 0 saturated carbocycles. The van der Waals surface area contributed by atoms with Crippen molar-refractivity contribution in [2.75, 3.05) is 14.8 Å². The summed E-state index contributed by atoms with van der Waals surface area (Å²) >= 11 is 12.5. The number of para-hydroxylation sites is 3. The molecule has 32 heavy (non-hydrogen) atoms. The molecule has 7 heteroatoms. The summed E-state index contributed by atoms with van der Waals surface area (Å²) in [7, 11) is 0. The highest BCUT2D eigenvalue weighted by Gasteiger charge is 2.28. The molecule has 162 valence electrons. The number of aromatic hydroxyl groups is 1. The summed E-state index contributed by atoms with van der Waals surface area (Å²) in [6.45, 7) is -2.28. The van der Waals surface area contributed by atoms with E-state index in [1.165, 1.54) is 0 Å². The summed E-state index contributed by atoms with van der Waals surface area (Å²) in [4.78, 5) is 0. The largest absolute Gasteiger partial charge is 0.508 e. The van der Waals surface area contributed by atoms with Gasteiger partial charge in [0.15, 0.2) is 0 Å². The van der Waals surface area contributed by atoms with Crippen LogP contribution in [0.1, 0.15) is 5.56 Å². The summed E-state index contributed by atoms with van der Waals surface area (Å²) in [5, 5.41) is 18.3. The highest BCUT2D eigenvalue weighted by molar-refractivity contribution is 8.16. The molecule has 4 aromatic carbocycles. The first-order valence-electron chi connectivity index (χ1n) is 10.1. The second-order valence-corrected chi connectivity index (χ2v) is 11.3. The number of phenols is 1. The first kappa shape index (κ1) is 22.2. The van der Waals surface area contributed by atoms with Crippen molar-refractivity contribution in [3.63, 3.8) is 0 Å². The second kappa shape index (κ2) is 10.1. The van der Waals surface area contributed by atoms with Crippen molar-refractivity contribution >= 4 is 47.0 Å². The lowest BCUT2D eigenvalue weighted by Crippen LogP contribution is -2.27. The van der Waals surface area contributed by atoms with Gasteiger partial charge in [0.1, 0.15) is 5.75 Å². The van der Waals surface area contributed by atoms with Gasteiger partial charge in [0.25, 0.3) is 0 Å². The van der Waals surface area contributed by atoms with Crippen LogP contribution in [0.3, 0.4) is 0 Å². The van der Waals surface area contributed by atoms with Gasteiger partial charge in [0.2, 0.25) is 6.49 Å². The average Bonchev–Trinajstić information content (AvgIpc) is 2.80. The van der Waals surface area contributed by atoms with Gasteiger partial charge in [0, 0.05) is 27.6 Å². The number of hydrogen-bond donors (Lipinski definition) is 3. The number of anilines is 3. The van der Waals surface area contributed by atoms with Gasteiger partial charge >= 0.3 is 0 Å². The minimum absolute atomic E-state index is 0.229. The first-order chi connectivity index (χ1) is 15.5. The molecule has 3 N–H and O–H groups in total. The zero-order chi connectivity index (χ0) is 22.4. The van der Waals surface area contributed by atoms with Crippen LogP contribution < -0.4 is 14.8 Å². The number of hydrogen-bond acceptors (Lipinski definition) is 2. The van der Waals surface area contributed by atoms with E-state index in [2.05, 4.69) is 14.8 Å². The topological polar surface area (TPSA) is 47.5 Å². The number of nitrogens with zero attached hydrogens (tertiary/aromatic N) is 1. The molecule has 0 amide bonds. The van der Waals surface area contributed by atoms with Gasteiger partial charge in [-0.1, -0.05) is 66.2 Å². The average molecular weight is 480 g/mol. The van der Waals surface area contributed by atoms with E-state index in [-0.39, 0.29) is 5.75 Å². The van der Waals surface area contributed by atoms with Crippen molar-refractivity contribution in [2.45, 2.75) is 6.54 Å². The van der Waals surface area contributed by atoms with E-state index in [1.807, 2.05) is 103 Å². The Morgan fingerprint density at radius 3 is 1.75 bits per heavy atom. The highest BCUT2D eigenvalue weighted by Crippen LogP contribution is 2.53. The molecule has 0 heterocycles. The van der Waals surface area contributed by atoms with Crippen LogP contribution in [0.4, 0.5) is 17.1 Å².